The summed E-state index contributed by atoms with van der Waals surface area (Å²) in [5.74, 6) is -2.41. The summed E-state index contributed by atoms with van der Waals surface area (Å²) in [7, 11) is 1.39. The van der Waals surface area contributed by atoms with Gasteiger partial charge in [-0.05, 0) is 70.4 Å². The quantitative estimate of drug-likeness (QED) is 0.141. The van der Waals surface area contributed by atoms with Crippen LogP contribution in [0.5, 0.6) is 5.88 Å². The molecule has 1 aromatic carbocycles. The maximum absolute atomic E-state index is 13.7. The highest BCUT2D eigenvalue weighted by Crippen LogP contribution is 2.45. The van der Waals surface area contributed by atoms with Gasteiger partial charge in [0.15, 0.2) is 0 Å². The van der Waals surface area contributed by atoms with E-state index in [0.717, 1.165) is 4.90 Å². The van der Waals surface area contributed by atoms with Crippen molar-refractivity contribution in [1.82, 2.24) is 15.0 Å². The van der Waals surface area contributed by atoms with E-state index in [0.29, 0.717) is 44.1 Å². The van der Waals surface area contributed by atoms with Gasteiger partial charge in [0.2, 0.25) is 5.88 Å². The lowest BCUT2D eigenvalue weighted by Gasteiger charge is -2.45. The molecule has 0 spiro atoms. The summed E-state index contributed by atoms with van der Waals surface area (Å²) >= 11 is 0. The molecule has 2 aliphatic heterocycles. The van der Waals surface area contributed by atoms with Gasteiger partial charge in [0, 0.05) is 25.6 Å². The van der Waals surface area contributed by atoms with E-state index < -0.39 is 63.9 Å². The van der Waals surface area contributed by atoms with Gasteiger partial charge < -0.3 is 40.2 Å². The number of aromatic nitrogens is 3. The van der Waals surface area contributed by atoms with E-state index in [1.165, 1.54) is 53.1 Å². The van der Waals surface area contributed by atoms with Gasteiger partial charge in [-0.3, -0.25) is 14.5 Å². The molecule has 15 nitrogen and oxygen atoms in total. The van der Waals surface area contributed by atoms with Crippen LogP contribution in [0.3, 0.4) is 0 Å². The molecule has 0 saturated carbocycles. The Kier molecular flexibility index (Phi) is 14.3. The van der Waals surface area contributed by atoms with Crippen molar-refractivity contribution in [3.63, 3.8) is 0 Å². The van der Waals surface area contributed by atoms with Crippen molar-refractivity contribution in [2.75, 3.05) is 56.4 Å². The lowest BCUT2D eigenvalue weighted by Crippen LogP contribution is -2.61. The highest BCUT2D eigenvalue weighted by atomic mass is 19.4. The summed E-state index contributed by atoms with van der Waals surface area (Å²) in [5, 5.41) is 27.6. The number of halogens is 6. The Morgan fingerprint density at radius 3 is 1.90 bits per heavy atom. The van der Waals surface area contributed by atoms with Crippen LogP contribution in [0.15, 0.2) is 36.5 Å². The van der Waals surface area contributed by atoms with Crippen molar-refractivity contribution in [2.45, 2.75) is 77.8 Å². The molecule has 1 fully saturated rings. The number of carboxylic acids is 2. The number of hydrogen-bond acceptors (Lipinski definition) is 11. The molecular weight excluding hydrogens is 810 g/mol. The zero-order chi connectivity index (χ0) is 45.0. The number of nitrogens with two attached hydrogens (primary N) is 1. The Balaban J connectivity index is 0.000000451. The standard InChI is InChI=1S/C29H30F6N6O4.C10H18O5/c1-3-27(36)14-19(24-21(41(27)26(42)43)4-5-23(39-24)44-2)25-37-15-22(40-6-8-45-9-7-40)20(38-25)12-16-10-17(28(30,31)32)13-18(11-16)29(33,34)35;1-9(2,7(11)12)5-15-6-10(3,4)8(13)14/h4-5,10-11,13,15,19H,3,6-9,12,14,36H2,1-2H3,(H,42,43);5-6H2,1-4H3,(H,11,12)(H,13,14)/t19-,27+;/m0./s1. The zero-order valence-corrected chi connectivity index (χ0v) is 33.8. The number of rotatable bonds is 12. The summed E-state index contributed by atoms with van der Waals surface area (Å²) < 4.78 is 97.8. The third-order valence-electron chi connectivity index (χ3n) is 10.1. The molecule has 2 aromatic heterocycles. The number of ether oxygens (including phenoxy) is 3. The van der Waals surface area contributed by atoms with Gasteiger partial charge in [-0.1, -0.05) is 6.92 Å². The van der Waals surface area contributed by atoms with Crippen molar-refractivity contribution in [1.29, 1.82) is 0 Å². The third kappa shape index (κ3) is 11.1. The summed E-state index contributed by atoms with van der Waals surface area (Å²) in [4.78, 5) is 50.4. The number of morpholine rings is 1. The van der Waals surface area contributed by atoms with Crippen LogP contribution < -0.4 is 20.3 Å². The number of benzene rings is 1. The van der Waals surface area contributed by atoms with E-state index in [1.54, 1.807) is 6.92 Å². The molecule has 330 valence electrons. The Morgan fingerprint density at radius 1 is 0.883 bits per heavy atom. The Bertz CT molecular complexity index is 1980. The molecule has 0 bridgehead atoms. The number of carboxylic acid groups (broad SMARTS) is 3. The van der Waals surface area contributed by atoms with Crippen molar-refractivity contribution < 1.29 is 70.3 Å². The van der Waals surface area contributed by atoms with Gasteiger partial charge in [0.1, 0.15) is 11.5 Å². The SMILES string of the molecule is CC(C)(COCC(C)(C)C(=O)O)C(=O)O.CC[C@]1(N)C[C@H](c2ncc(N3CCOCC3)c(Cc3cc(C(F)(F)F)cc(C(F)(F)F)c3)n2)c2nc(OC)ccc2N1C(=O)O. The number of fused-ring (bicyclic) bond motifs is 1. The fourth-order valence-electron chi connectivity index (χ4n) is 6.39. The van der Waals surface area contributed by atoms with Crippen LogP contribution in [0, 0.1) is 10.8 Å². The zero-order valence-electron chi connectivity index (χ0n) is 33.8. The first-order valence-corrected chi connectivity index (χ1v) is 18.6. The van der Waals surface area contributed by atoms with E-state index in [4.69, 9.17) is 35.1 Å². The minimum absolute atomic E-state index is 0.000949. The first-order chi connectivity index (χ1) is 27.7. The van der Waals surface area contributed by atoms with Crippen molar-refractivity contribution in [3.8, 4) is 5.88 Å². The van der Waals surface area contributed by atoms with Crippen LogP contribution in [0.4, 0.5) is 42.5 Å². The van der Waals surface area contributed by atoms with Crippen LogP contribution in [0.1, 0.15) is 87.3 Å². The number of hydrogen-bond donors (Lipinski definition) is 4. The van der Waals surface area contributed by atoms with Crippen molar-refractivity contribution in [2.24, 2.45) is 16.6 Å². The third-order valence-corrected chi connectivity index (χ3v) is 10.1. The first-order valence-electron chi connectivity index (χ1n) is 18.6. The number of aliphatic carboxylic acids is 2. The van der Waals surface area contributed by atoms with Crippen LogP contribution in [0.25, 0.3) is 0 Å². The lowest BCUT2D eigenvalue weighted by atomic mass is 9.83. The van der Waals surface area contributed by atoms with Gasteiger partial charge in [0.25, 0.3) is 0 Å². The maximum Gasteiger partial charge on any atom is 0.416 e. The molecule has 4 heterocycles. The molecule has 2 aliphatic rings. The number of alkyl halides is 6. The van der Waals surface area contributed by atoms with E-state index in [9.17, 15) is 45.8 Å². The second-order valence-corrected chi connectivity index (χ2v) is 15.7. The van der Waals surface area contributed by atoms with Crippen LogP contribution in [0.2, 0.25) is 0 Å². The van der Waals surface area contributed by atoms with Crippen LogP contribution in [-0.2, 0) is 37.8 Å². The molecule has 0 aliphatic carbocycles. The molecule has 2 atom stereocenters. The Labute approximate surface area is 341 Å². The second-order valence-electron chi connectivity index (χ2n) is 15.7. The molecular formula is C39H48F6N6O9. The average Bonchev–Trinajstić information content (AvgIpc) is 3.16. The van der Waals surface area contributed by atoms with Gasteiger partial charge >= 0.3 is 30.4 Å². The number of pyridine rings is 1. The molecule has 5 rings (SSSR count). The van der Waals surface area contributed by atoms with Crippen molar-refractivity contribution >= 4 is 29.4 Å². The monoisotopic (exact) mass is 858 g/mol. The molecule has 60 heavy (non-hydrogen) atoms. The predicted molar refractivity (Wildman–Crippen MR) is 203 cm³/mol. The van der Waals surface area contributed by atoms with Crippen LogP contribution >= 0.6 is 0 Å². The second kappa shape index (κ2) is 18.1. The lowest BCUT2D eigenvalue weighted by molar-refractivity contribution is -0.155. The van der Waals surface area contributed by atoms with Crippen LogP contribution in [-0.4, -0.2) is 101 Å². The smallest absolute Gasteiger partial charge is 0.416 e. The Hall–Kier alpha value is -5.28. The largest absolute Gasteiger partial charge is 0.481 e. The highest BCUT2D eigenvalue weighted by molar-refractivity contribution is 5.89. The maximum atomic E-state index is 13.7. The molecule has 3 aromatic rings. The van der Waals surface area contributed by atoms with Gasteiger partial charge in [0.05, 0.1) is 90.4 Å². The minimum atomic E-state index is -5.02. The summed E-state index contributed by atoms with van der Waals surface area (Å²) in [6.07, 6.45) is -10.1. The minimum Gasteiger partial charge on any atom is -0.481 e. The molecule has 1 amide bonds. The fourth-order valence-corrected chi connectivity index (χ4v) is 6.39. The van der Waals surface area contributed by atoms with Gasteiger partial charge in [-0.2, -0.15) is 26.3 Å². The number of nitrogens with zero attached hydrogens (tertiary/aromatic N) is 5. The number of methoxy groups -OCH3 is 1. The normalized spacial score (nSPS) is 18.6. The number of amides is 1. The van der Waals surface area contributed by atoms with Crippen molar-refractivity contribution in [3.05, 3.63) is 70.4 Å². The van der Waals surface area contributed by atoms with Gasteiger partial charge in [-0.25, -0.2) is 19.7 Å². The molecule has 1 saturated heterocycles. The highest BCUT2D eigenvalue weighted by Gasteiger charge is 2.47. The van der Waals surface area contributed by atoms with E-state index in [1.807, 2.05) is 4.90 Å². The predicted octanol–water partition coefficient (Wildman–Crippen LogP) is 6.65. The molecule has 5 N–H and O–H groups in total. The number of carbonyl (C=O) groups is 3. The summed E-state index contributed by atoms with van der Waals surface area (Å²) in [5.41, 5.74) is 1.15. The van der Waals surface area contributed by atoms with E-state index in [-0.39, 0.29) is 72.9 Å². The van der Waals surface area contributed by atoms with E-state index in [2.05, 4.69) is 9.97 Å². The summed E-state index contributed by atoms with van der Waals surface area (Å²) in [6, 6.07) is 4.41. The van der Waals surface area contributed by atoms with Gasteiger partial charge in [-0.15, -0.1) is 0 Å². The first kappa shape index (κ1) is 47.4. The molecule has 0 radical (unpaired) electrons. The average molecular weight is 859 g/mol. The number of anilines is 2. The van der Waals surface area contributed by atoms with E-state index >= 15 is 0 Å². The topological polar surface area (TPSA) is 211 Å². The molecule has 21 heteroatoms. The Morgan fingerprint density at radius 2 is 1.43 bits per heavy atom. The molecule has 0 unspecified atom stereocenters. The summed E-state index contributed by atoms with van der Waals surface area (Å²) in [6.45, 7) is 9.32. The fraction of sp³-hybridized carbons (Fsp3) is 0.538.